The number of esters is 1. The standard InChI is InChI=1S/C17H20ClNO2S/c1-12(2)21-17(20)16(14-7-3-4-8-15(14)18)19-10-9-13-6-5-11-22-13/h3-8,11-12,16,19H,9-10H2,1-2H3/t16-/m0/s1. The van der Waals surface area contributed by atoms with E-state index in [1.807, 2.05) is 43.5 Å². The maximum absolute atomic E-state index is 12.4. The second-order valence-corrected chi connectivity index (χ2v) is 6.66. The van der Waals surface area contributed by atoms with Crippen LogP contribution in [0.5, 0.6) is 0 Å². The minimum absolute atomic E-state index is 0.156. The molecule has 3 nitrogen and oxygen atoms in total. The number of carbonyl (C=O) groups excluding carboxylic acids is 1. The summed E-state index contributed by atoms with van der Waals surface area (Å²) in [5, 5.41) is 5.88. The van der Waals surface area contributed by atoms with Crippen molar-refractivity contribution in [2.24, 2.45) is 0 Å². The molecule has 1 N–H and O–H groups in total. The monoisotopic (exact) mass is 337 g/mol. The topological polar surface area (TPSA) is 38.3 Å². The lowest BCUT2D eigenvalue weighted by atomic mass is 10.1. The molecule has 1 aromatic heterocycles. The van der Waals surface area contributed by atoms with Crippen LogP contribution in [0.25, 0.3) is 0 Å². The number of nitrogens with one attached hydrogen (secondary N) is 1. The van der Waals surface area contributed by atoms with Gasteiger partial charge in [0.25, 0.3) is 0 Å². The van der Waals surface area contributed by atoms with Gasteiger partial charge < -0.3 is 10.1 Å². The van der Waals surface area contributed by atoms with E-state index in [1.165, 1.54) is 4.88 Å². The van der Waals surface area contributed by atoms with Crippen molar-refractivity contribution in [1.29, 1.82) is 0 Å². The molecule has 5 heteroatoms. The van der Waals surface area contributed by atoms with Gasteiger partial charge in [-0.2, -0.15) is 0 Å². The molecule has 0 saturated carbocycles. The summed E-state index contributed by atoms with van der Waals surface area (Å²) >= 11 is 7.94. The highest BCUT2D eigenvalue weighted by Crippen LogP contribution is 2.24. The van der Waals surface area contributed by atoms with E-state index in [-0.39, 0.29) is 12.1 Å². The highest BCUT2D eigenvalue weighted by Gasteiger charge is 2.24. The second kappa shape index (κ2) is 8.32. The van der Waals surface area contributed by atoms with E-state index >= 15 is 0 Å². The molecule has 0 fully saturated rings. The normalized spacial score (nSPS) is 12.4. The van der Waals surface area contributed by atoms with Gasteiger partial charge >= 0.3 is 5.97 Å². The third-order valence-corrected chi connectivity index (χ3v) is 4.38. The van der Waals surface area contributed by atoms with E-state index in [9.17, 15) is 4.79 Å². The molecule has 0 bridgehead atoms. The van der Waals surface area contributed by atoms with Crippen molar-refractivity contribution < 1.29 is 9.53 Å². The van der Waals surface area contributed by atoms with Crippen molar-refractivity contribution in [3.63, 3.8) is 0 Å². The van der Waals surface area contributed by atoms with E-state index in [0.29, 0.717) is 11.6 Å². The number of hydrogen-bond donors (Lipinski definition) is 1. The van der Waals surface area contributed by atoms with Gasteiger partial charge in [-0.15, -0.1) is 11.3 Å². The number of rotatable bonds is 7. The average Bonchev–Trinajstić information content (AvgIpc) is 2.97. The Balaban J connectivity index is 2.07. The van der Waals surface area contributed by atoms with Crippen LogP contribution in [0.2, 0.25) is 5.02 Å². The molecule has 0 aliphatic rings. The van der Waals surface area contributed by atoms with Crippen LogP contribution < -0.4 is 5.32 Å². The molecule has 2 rings (SSSR count). The first-order chi connectivity index (χ1) is 10.6. The van der Waals surface area contributed by atoms with Crippen molar-refractivity contribution >= 4 is 28.9 Å². The van der Waals surface area contributed by atoms with Crippen molar-refractivity contribution in [2.75, 3.05) is 6.54 Å². The van der Waals surface area contributed by atoms with E-state index in [0.717, 1.165) is 12.0 Å². The quantitative estimate of drug-likeness (QED) is 0.768. The Morgan fingerprint density at radius 1 is 1.27 bits per heavy atom. The van der Waals surface area contributed by atoms with Crippen LogP contribution in [-0.4, -0.2) is 18.6 Å². The largest absolute Gasteiger partial charge is 0.462 e. The van der Waals surface area contributed by atoms with Crippen molar-refractivity contribution in [3.8, 4) is 0 Å². The molecule has 118 valence electrons. The molecular weight excluding hydrogens is 318 g/mol. The Kier molecular flexibility index (Phi) is 6.43. The van der Waals surface area contributed by atoms with Gasteiger partial charge in [0, 0.05) is 16.4 Å². The second-order valence-electron chi connectivity index (χ2n) is 5.22. The molecule has 0 unspecified atom stereocenters. The lowest BCUT2D eigenvalue weighted by Crippen LogP contribution is -2.33. The van der Waals surface area contributed by atoms with E-state index in [2.05, 4.69) is 11.4 Å². The fourth-order valence-electron chi connectivity index (χ4n) is 2.12. The molecule has 0 spiro atoms. The third-order valence-electron chi connectivity index (χ3n) is 3.10. The van der Waals surface area contributed by atoms with Crippen LogP contribution in [0.4, 0.5) is 0 Å². The molecule has 2 aromatic rings. The first kappa shape index (κ1) is 17.0. The van der Waals surface area contributed by atoms with Gasteiger partial charge in [-0.1, -0.05) is 35.9 Å². The highest BCUT2D eigenvalue weighted by atomic mass is 35.5. The van der Waals surface area contributed by atoms with Crippen LogP contribution in [-0.2, 0) is 16.0 Å². The van der Waals surface area contributed by atoms with Crippen LogP contribution >= 0.6 is 22.9 Å². The summed E-state index contributed by atoms with van der Waals surface area (Å²) in [5.41, 5.74) is 0.751. The van der Waals surface area contributed by atoms with Crippen LogP contribution in [0, 0.1) is 0 Å². The highest BCUT2D eigenvalue weighted by molar-refractivity contribution is 7.09. The summed E-state index contributed by atoms with van der Waals surface area (Å²) in [6.45, 7) is 4.37. The zero-order chi connectivity index (χ0) is 15.9. The van der Waals surface area contributed by atoms with Gasteiger partial charge in [0.1, 0.15) is 6.04 Å². The third kappa shape index (κ3) is 4.83. The Bertz CT molecular complexity index is 598. The molecule has 0 radical (unpaired) electrons. The number of halogens is 1. The van der Waals surface area contributed by atoms with Crippen molar-refractivity contribution in [2.45, 2.75) is 32.4 Å². The van der Waals surface area contributed by atoms with Gasteiger partial charge in [-0.25, -0.2) is 4.79 Å². The molecule has 22 heavy (non-hydrogen) atoms. The van der Waals surface area contributed by atoms with Crippen LogP contribution in [0.1, 0.15) is 30.3 Å². The minimum atomic E-state index is -0.545. The summed E-state index contributed by atoms with van der Waals surface area (Å²) in [4.78, 5) is 13.6. The summed E-state index contributed by atoms with van der Waals surface area (Å²) in [7, 11) is 0. The van der Waals surface area contributed by atoms with Gasteiger partial charge in [-0.3, -0.25) is 0 Å². The van der Waals surface area contributed by atoms with E-state index in [4.69, 9.17) is 16.3 Å². The molecule has 0 aliphatic carbocycles. The number of ether oxygens (including phenoxy) is 1. The molecule has 1 atom stereocenters. The molecule has 0 amide bonds. The predicted octanol–water partition coefficient (Wildman–Crippen LogP) is 4.23. The Hall–Kier alpha value is -1.36. The van der Waals surface area contributed by atoms with Gasteiger partial charge in [0.2, 0.25) is 0 Å². The fourth-order valence-corrected chi connectivity index (χ4v) is 3.08. The van der Waals surface area contributed by atoms with E-state index in [1.54, 1.807) is 17.4 Å². The summed E-state index contributed by atoms with van der Waals surface area (Å²) in [5.74, 6) is -0.297. The maximum Gasteiger partial charge on any atom is 0.328 e. The van der Waals surface area contributed by atoms with Gasteiger partial charge in [0.05, 0.1) is 6.10 Å². The molecule has 1 heterocycles. The number of hydrogen-bond acceptors (Lipinski definition) is 4. The molecule has 1 aromatic carbocycles. The van der Waals surface area contributed by atoms with Gasteiger partial charge in [-0.05, 0) is 43.3 Å². The van der Waals surface area contributed by atoms with Crippen molar-refractivity contribution in [1.82, 2.24) is 5.32 Å². The number of carbonyl (C=O) groups is 1. The average molecular weight is 338 g/mol. The summed E-state index contributed by atoms with van der Waals surface area (Å²) in [6.07, 6.45) is 0.713. The number of benzene rings is 1. The van der Waals surface area contributed by atoms with E-state index < -0.39 is 6.04 Å². The number of thiophene rings is 1. The Morgan fingerprint density at radius 2 is 2.05 bits per heavy atom. The SMILES string of the molecule is CC(C)OC(=O)[C@@H](NCCc1cccs1)c1ccccc1Cl. The zero-order valence-corrected chi connectivity index (χ0v) is 14.3. The van der Waals surface area contributed by atoms with Crippen LogP contribution in [0.15, 0.2) is 41.8 Å². The lowest BCUT2D eigenvalue weighted by Gasteiger charge is -2.20. The fraction of sp³-hybridized carbons (Fsp3) is 0.353. The Morgan fingerprint density at radius 3 is 2.68 bits per heavy atom. The minimum Gasteiger partial charge on any atom is -0.462 e. The smallest absolute Gasteiger partial charge is 0.328 e. The summed E-state index contributed by atoms with van der Waals surface area (Å²) in [6, 6.07) is 10.9. The molecule has 0 saturated heterocycles. The van der Waals surface area contributed by atoms with Crippen LogP contribution in [0.3, 0.4) is 0 Å². The van der Waals surface area contributed by atoms with Gasteiger partial charge in [0.15, 0.2) is 0 Å². The summed E-state index contributed by atoms with van der Waals surface area (Å²) < 4.78 is 5.35. The zero-order valence-electron chi connectivity index (χ0n) is 12.7. The maximum atomic E-state index is 12.4. The lowest BCUT2D eigenvalue weighted by molar-refractivity contribution is -0.150. The first-order valence-electron chi connectivity index (χ1n) is 7.28. The molecular formula is C17H20ClNO2S. The molecule has 0 aliphatic heterocycles. The first-order valence-corrected chi connectivity index (χ1v) is 8.54. The predicted molar refractivity (Wildman–Crippen MR) is 91.4 cm³/mol. The Labute approximate surface area is 140 Å². The van der Waals surface area contributed by atoms with Crippen molar-refractivity contribution in [3.05, 3.63) is 57.2 Å².